The molecule has 0 spiro atoms. The second-order valence-electron chi connectivity index (χ2n) is 4.81. The van der Waals surface area contributed by atoms with Crippen LogP contribution in [0.3, 0.4) is 0 Å². The lowest BCUT2D eigenvalue weighted by Crippen LogP contribution is -2.31. The molecule has 114 valence electrons. The lowest BCUT2D eigenvalue weighted by molar-refractivity contribution is -0.384. The van der Waals surface area contributed by atoms with Crippen LogP contribution >= 0.6 is 0 Å². The van der Waals surface area contributed by atoms with Crippen LogP contribution in [0.1, 0.15) is 26.2 Å². The first-order valence-electron chi connectivity index (χ1n) is 6.88. The smallest absolute Gasteiger partial charge is 0.329 e. The van der Waals surface area contributed by atoms with E-state index in [0.717, 1.165) is 25.5 Å². The minimum Gasteiger partial charge on any atom is -0.355 e. The third-order valence-electron chi connectivity index (χ3n) is 2.86. The highest BCUT2D eigenvalue weighted by molar-refractivity contribution is 5.81. The number of nitrogens with one attached hydrogen (secondary N) is 3. The average molecular weight is 294 g/mol. The minimum absolute atomic E-state index is 0.0413. The predicted octanol–water partition coefficient (Wildman–Crippen LogP) is 0.897. The van der Waals surface area contributed by atoms with Gasteiger partial charge in [-0.15, -0.1) is 0 Å². The number of anilines is 2. The Bertz CT molecular complexity index is 532. The van der Waals surface area contributed by atoms with Crippen molar-refractivity contribution in [3.8, 4) is 0 Å². The van der Waals surface area contributed by atoms with E-state index >= 15 is 0 Å². The second-order valence-corrected chi connectivity index (χ2v) is 4.81. The van der Waals surface area contributed by atoms with Gasteiger partial charge in [0.15, 0.2) is 0 Å². The molecule has 2 rings (SSSR count). The first-order valence-corrected chi connectivity index (χ1v) is 6.88. The van der Waals surface area contributed by atoms with Crippen LogP contribution in [-0.4, -0.2) is 39.9 Å². The topological polar surface area (TPSA) is 122 Å². The normalized spacial score (nSPS) is 13.6. The summed E-state index contributed by atoms with van der Waals surface area (Å²) in [5, 5.41) is 19.4. The fourth-order valence-corrected chi connectivity index (χ4v) is 1.63. The molecule has 1 aromatic heterocycles. The van der Waals surface area contributed by atoms with Crippen LogP contribution in [0.25, 0.3) is 0 Å². The Morgan fingerprint density at radius 3 is 2.86 bits per heavy atom. The molecule has 0 aromatic carbocycles. The van der Waals surface area contributed by atoms with E-state index in [4.69, 9.17) is 0 Å². The molecule has 1 aliphatic carbocycles. The van der Waals surface area contributed by atoms with Gasteiger partial charge in [0.1, 0.15) is 6.20 Å². The van der Waals surface area contributed by atoms with Gasteiger partial charge in [-0.25, -0.2) is 4.98 Å². The van der Waals surface area contributed by atoms with E-state index in [2.05, 4.69) is 25.9 Å². The zero-order chi connectivity index (χ0) is 15.2. The summed E-state index contributed by atoms with van der Waals surface area (Å²) in [7, 11) is 0. The number of hydrogen-bond acceptors (Lipinski definition) is 7. The molecule has 0 bridgehead atoms. The van der Waals surface area contributed by atoms with Crippen molar-refractivity contribution in [2.24, 2.45) is 0 Å². The van der Waals surface area contributed by atoms with Crippen molar-refractivity contribution in [1.82, 2.24) is 15.3 Å². The number of amides is 1. The summed E-state index contributed by atoms with van der Waals surface area (Å²) in [5.41, 5.74) is -0.253. The molecule has 1 aromatic rings. The summed E-state index contributed by atoms with van der Waals surface area (Å²) in [6.45, 7) is 2.60. The Kier molecular flexibility index (Phi) is 4.85. The first kappa shape index (κ1) is 14.9. The van der Waals surface area contributed by atoms with Crippen LogP contribution in [0.15, 0.2) is 6.20 Å². The van der Waals surface area contributed by atoms with Crippen molar-refractivity contribution >= 4 is 23.4 Å². The molecule has 0 radical (unpaired) electrons. The number of aromatic nitrogens is 2. The van der Waals surface area contributed by atoms with Gasteiger partial charge in [0, 0.05) is 12.6 Å². The number of nitrogens with zero attached hydrogens (tertiary/aromatic N) is 3. The van der Waals surface area contributed by atoms with Crippen molar-refractivity contribution in [2.75, 3.05) is 23.7 Å². The molecule has 0 unspecified atom stereocenters. The molecule has 0 saturated heterocycles. The summed E-state index contributed by atoms with van der Waals surface area (Å²) in [6, 6.07) is 0.251. The minimum atomic E-state index is -0.579. The van der Waals surface area contributed by atoms with Gasteiger partial charge < -0.3 is 16.0 Å². The molecule has 9 nitrogen and oxygen atoms in total. The standard InChI is InChI=1S/C12H18N6O3/c1-2-5-13-12-15-6-9(18(20)21)11(17-12)14-7-10(19)16-8-3-4-8/h6,8H,2-5,7H2,1H3,(H,16,19)(H2,13,14,15,17). The molecule has 1 aliphatic rings. The maximum atomic E-state index is 11.6. The van der Waals surface area contributed by atoms with Crippen LogP contribution in [-0.2, 0) is 4.79 Å². The van der Waals surface area contributed by atoms with Crippen molar-refractivity contribution < 1.29 is 9.72 Å². The van der Waals surface area contributed by atoms with E-state index in [0.29, 0.717) is 12.5 Å². The Hall–Kier alpha value is -2.45. The van der Waals surface area contributed by atoms with Gasteiger partial charge >= 0.3 is 5.69 Å². The molecular weight excluding hydrogens is 276 g/mol. The van der Waals surface area contributed by atoms with E-state index in [9.17, 15) is 14.9 Å². The largest absolute Gasteiger partial charge is 0.355 e. The summed E-state index contributed by atoms with van der Waals surface area (Å²) < 4.78 is 0. The SMILES string of the molecule is CCCNc1ncc([N+](=O)[O-])c(NCC(=O)NC2CC2)n1. The van der Waals surface area contributed by atoms with Crippen LogP contribution in [0.4, 0.5) is 17.5 Å². The van der Waals surface area contributed by atoms with Crippen molar-refractivity contribution in [3.05, 3.63) is 16.3 Å². The van der Waals surface area contributed by atoms with E-state index < -0.39 is 4.92 Å². The number of rotatable bonds is 8. The monoisotopic (exact) mass is 294 g/mol. The van der Waals surface area contributed by atoms with E-state index in [1.165, 1.54) is 0 Å². The molecule has 1 heterocycles. The molecule has 1 amide bonds. The highest BCUT2D eigenvalue weighted by Crippen LogP contribution is 2.22. The fraction of sp³-hybridized carbons (Fsp3) is 0.583. The van der Waals surface area contributed by atoms with Gasteiger partial charge in [0.2, 0.25) is 17.7 Å². The molecule has 21 heavy (non-hydrogen) atoms. The second kappa shape index (κ2) is 6.82. The molecule has 3 N–H and O–H groups in total. The maximum absolute atomic E-state index is 11.6. The highest BCUT2D eigenvalue weighted by atomic mass is 16.6. The maximum Gasteiger partial charge on any atom is 0.329 e. The Labute approximate surface area is 121 Å². The molecule has 9 heteroatoms. The summed E-state index contributed by atoms with van der Waals surface area (Å²) in [6.07, 6.45) is 3.99. The number of carbonyl (C=O) groups is 1. The lowest BCUT2D eigenvalue weighted by Gasteiger charge is -2.08. The zero-order valence-corrected chi connectivity index (χ0v) is 11.8. The third-order valence-corrected chi connectivity index (χ3v) is 2.86. The number of nitro groups is 1. The summed E-state index contributed by atoms with van der Waals surface area (Å²) in [5.74, 6) is 0.139. The summed E-state index contributed by atoms with van der Waals surface area (Å²) >= 11 is 0. The van der Waals surface area contributed by atoms with Gasteiger partial charge in [-0.1, -0.05) is 6.92 Å². The van der Waals surface area contributed by atoms with Gasteiger partial charge in [-0.2, -0.15) is 4.98 Å². The number of carbonyl (C=O) groups excluding carboxylic acids is 1. The Morgan fingerprint density at radius 1 is 1.48 bits per heavy atom. The predicted molar refractivity (Wildman–Crippen MR) is 77.1 cm³/mol. The van der Waals surface area contributed by atoms with Crippen LogP contribution in [0.5, 0.6) is 0 Å². The molecule has 0 aliphatic heterocycles. The summed E-state index contributed by atoms with van der Waals surface area (Å²) in [4.78, 5) is 29.9. The fourth-order valence-electron chi connectivity index (χ4n) is 1.63. The lowest BCUT2D eigenvalue weighted by atomic mass is 10.4. The zero-order valence-electron chi connectivity index (χ0n) is 11.8. The van der Waals surface area contributed by atoms with Crippen molar-refractivity contribution in [2.45, 2.75) is 32.2 Å². The average Bonchev–Trinajstić information content (AvgIpc) is 3.26. The third kappa shape index (κ3) is 4.55. The highest BCUT2D eigenvalue weighted by Gasteiger charge is 2.24. The van der Waals surface area contributed by atoms with E-state index in [1.54, 1.807) is 0 Å². The van der Waals surface area contributed by atoms with Crippen molar-refractivity contribution in [1.29, 1.82) is 0 Å². The van der Waals surface area contributed by atoms with Crippen LogP contribution in [0.2, 0.25) is 0 Å². The molecule has 1 fully saturated rings. The molecule has 1 saturated carbocycles. The molecular formula is C12H18N6O3. The number of hydrogen-bond donors (Lipinski definition) is 3. The first-order chi connectivity index (χ1) is 10.1. The van der Waals surface area contributed by atoms with Crippen LogP contribution < -0.4 is 16.0 Å². The van der Waals surface area contributed by atoms with Crippen LogP contribution in [0, 0.1) is 10.1 Å². The molecule has 0 atom stereocenters. The van der Waals surface area contributed by atoms with E-state index in [1.807, 2.05) is 6.92 Å². The Balaban J connectivity index is 2.02. The van der Waals surface area contributed by atoms with Gasteiger partial charge in [-0.3, -0.25) is 14.9 Å². The van der Waals surface area contributed by atoms with Crippen molar-refractivity contribution in [3.63, 3.8) is 0 Å². The Morgan fingerprint density at radius 2 is 2.24 bits per heavy atom. The van der Waals surface area contributed by atoms with Gasteiger partial charge in [0.05, 0.1) is 11.5 Å². The quantitative estimate of drug-likeness (QED) is 0.481. The van der Waals surface area contributed by atoms with Gasteiger partial charge in [-0.05, 0) is 19.3 Å². The van der Waals surface area contributed by atoms with Gasteiger partial charge in [0.25, 0.3) is 0 Å². The van der Waals surface area contributed by atoms with E-state index in [-0.39, 0.29) is 30.0 Å².